The van der Waals surface area contributed by atoms with Gasteiger partial charge in [0.15, 0.2) is 0 Å². The lowest BCUT2D eigenvalue weighted by molar-refractivity contribution is -0.107. The van der Waals surface area contributed by atoms with Gasteiger partial charge in [0.2, 0.25) is 0 Å². The van der Waals surface area contributed by atoms with Crippen LogP contribution in [0, 0.1) is 12.7 Å². The molecule has 12 heteroatoms. The molecule has 0 radical (unpaired) electrons. The zero-order valence-corrected chi connectivity index (χ0v) is 20.5. The van der Waals surface area contributed by atoms with Gasteiger partial charge in [0.25, 0.3) is 11.5 Å². The number of aromatic amines is 1. The van der Waals surface area contributed by atoms with E-state index in [1.54, 1.807) is 30.1 Å². The zero-order chi connectivity index (χ0) is 25.9. The Bertz CT molecular complexity index is 1560. The van der Waals surface area contributed by atoms with Crippen LogP contribution in [0.3, 0.4) is 0 Å². The minimum atomic E-state index is -2.63. The first-order valence-electron chi connectivity index (χ1n) is 11.8. The molecule has 0 unspecified atom stereocenters. The Kier molecular flexibility index (Phi) is 5.72. The predicted molar refractivity (Wildman–Crippen MR) is 132 cm³/mol. The highest BCUT2D eigenvalue weighted by molar-refractivity contribution is 6.30. The van der Waals surface area contributed by atoms with Crippen LogP contribution in [0.2, 0.25) is 5.02 Å². The molecule has 4 heterocycles. The number of hydrogen-bond donors (Lipinski definition) is 1. The number of fused-ring (bicyclic) bond motifs is 1. The normalized spacial score (nSPS) is 19.8. The molecule has 0 spiro atoms. The van der Waals surface area contributed by atoms with Crippen molar-refractivity contribution in [3.63, 3.8) is 0 Å². The minimum absolute atomic E-state index is 0.135. The van der Waals surface area contributed by atoms with Crippen molar-refractivity contribution < 1.29 is 17.9 Å². The third-order valence-corrected chi connectivity index (χ3v) is 7.04. The van der Waals surface area contributed by atoms with E-state index in [-0.39, 0.29) is 46.7 Å². The highest BCUT2D eigenvalue weighted by Crippen LogP contribution is 2.45. The number of halogens is 4. The van der Waals surface area contributed by atoms with E-state index in [1.165, 1.54) is 18.2 Å². The number of benzene rings is 1. The van der Waals surface area contributed by atoms with E-state index in [0.29, 0.717) is 36.9 Å². The molecule has 1 aromatic carbocycles. The van der Waals surface area contributed by atoms with Gasteiger partial charge < -0.3 is 14.6 Å². The summed E-state index contributed by atoms with van der Waals surface area (Å²) in [5.74, 6) is -2.31. The summed E-state index contributed by atoms with van der Waals surface area (Å²) in [6.45, 7) is 2.95. The van der Waals surface area contributed by atoms with Crippen LogP contribution < -0.4 is 10.5 Å². The third kappa shape index (κ3) is 4.46. The van der Waals surface area contributed by atoms with Crippen molar-refractivity contribution >= 4 is 28.3 Å². The molecule has 37 heavy (non-hydrogen) atoms. The molecule has 6 rings (SSSR count). The average molecular weight is 531 g/mol. The maximum Gasteiger partial charge on any atom is 0.260 e. The monoisotopic (exact) mass is 530 g/mol. The fourth-order valence-electron chi connectivity index (χ4n) is 4.90. The van der Waals surface area contributed by atoms with Crippen LogP contribution >= 0.6 is 11.6 Å². The standard InChI is InChI=1S/C25H22ClF3N6O2/c1-13-31-19-7-21(33-23(22(19)24(36)32-13)17-3-2-15(26)6-18(17)27)34-4-5-37-20(12-34)14-10-30-35(11-14)16-8-25(28,29)9-16/h2-3,6-7,10-11,16,20H,4-5,8-9,12H2,1H3,(H,31,32,36)/t20-/m1/s1. The lowest BCUT2D eigenvalue weighted by atomic mass is 9.88. The van der Waals surface area contributed by atoms with Crippen molar-refractivity contribution in [3.05, 3.63) is 69.2 Å². The van der Waals surface area contributed by atoms with Crippen LogP contribution in [-0.4, -0.2) is 50.4 Å². The Hall–Kier alpha value is -3.44. The summed E-state index contributed by atoms with van der Waals surface area (Å²) < 4.78 is 49.1. The number of ether oxygens (including phenoxy) is 1. The molecule has 2 fully saturated rings. The van der Waals surface area contributed by atoms with Crippen LogP contribution in [0.25, 0.3) is 22.2 Å². The molecular weight excluding hydrogens is 509 g/mol. The van der Waals surface area contributed by atoms with E-state index in [1.807, 2.05) is 4.90 Å². The van der Waals surface area contributed by atoms with Crippen LogP contribution in [0.15, 0.2) is 41.5 Å². The van der Waals surface area contributed by atoms with E-state index < -0.39 is 17.3 Å². The minimum Gasteiger partial charge on any atom is -0.370 e. The lowest BCUT2D eigenvalue weighted by Gasteiger charge is -2.35. The first kappa shape index (κ1) is 23.9. The first-order chi connectivity index (χ1) is 17.7. The molecule has 1 aliphatic carbocycles. The Morgan fingerprint density at radius 3 is 2.78 bits per heavy atom. The molecule has 1 saturated carbocycles. The molecular formula is C25H22ClF3N6O2. The molecule has 8 nitrogen and oxygen atoms in total. The quantitative estimate of drug-likeness (QED) is 0.406. The van der Waals surface area contributed by atoms with Crippen molar-refractivity contribution in [1.82, 2.24) is 24.7 Å². The Morgan fingerprint density at radius 2 is 2.03 bits per heavy atom. The lowest BCUT2D eigenvalue weighted by Crippen LogP contribution is -2.39. The second-order valence-corrected chi connectivity index (χ2v) is 9.91. The number of alkyl halides is 2. The third-order valence-electron chi connectivity index (χ3n) is 6.81. The molecule has 0 amide bonds. The zero-order valence-electron chi connectivity index (χ0n) is 19.7. The highest BCUT2D eigenvalue weighted by Gasteiger charge is 2.46. The smallest absolute Gasteiger partial charge is 0.260 e. The SMILES string of the molecule is Cc1nc2cc(N3CCO[C@@H](c4cnn(C5CC(F)(F)C5)c4)C3)nc(-c3ccc(Cl)cc3F)c2c(=O)[nH]1. The molecule has 1 atom stereocenters. The summed E-state index contributed by atoms with van der Waals surface area (Å²) in [5, 5.41) is 4.68. The number of nitrogens with zero attached hydrogens (tertiary/aromatic N) is 5. The predicted octanol–water partition coefficient (Wildman–Crippen LogP) is 4.83. The Morgan fingerprint density at radius 1 is 1.22 bits per heavy atom. The fraction of sp³-hybridized carbons (Fsp3) is 0.360. The topological polar surface area (TPSA) is 88.9 Å². The van der Waals surface area contributed by atoms with E-state index in [4.69, 9.17) is 21.3 Å². The van der Waals surface area contributed by atoms with Crippen molar-refractivity contribution in [2.24, 2.45) is 0 Å². The molecule has 192 valence electrons. The van der Waals surface area contributed by atoms with Crippen molar-refractivity contribution in [1.29, 1.82) is 0 Å². The number of pyridine rings is 1. The number of nitrogens with one attached hydrogen (secondary N) is 1. The summed E-state index contributed by atoms with van der Waals surface area (Å²) in [6, 6.07) is 5.58. The fourth-order valence-corrected chi connectivity index (χ4v) is 5.06. The summed E-state index contributed by atoms with van der Waals surface area (Å²) in [6.07, 6.45) is 2.58. The Balaban J connectivity index is 1.36. The number of anilines is 1. The van der Waals surface area contributed by atoms with Gasteiger partial charge in [-0.3, -0.25) is 9.48 Å². The Labute approximate surface area is 214 Å². The number of hydrogen-bond acceptors (Lipinski definition) is 6. The maximum absolute atomic E-state index is 14.9. The summed E-state index contributed by atoms with van der Waals surface area (Å²) >= 11 is 5.94. The second kappa shape index (κ2) is 8.84. The van der Waals surface area contributed by atoms with Gasteiger partial charge in [-0.15, -0.1) is 0 Å². The van der Waals surface area contributed by atoms with E-state index in [0.717, 1.165) is 5.56 Å². The summed E-state index contributed by atoms with van der Waals surface area (Å²) in [7, 11) is 0. The molecule has 4 aromatic rings. The van der Waals surface area contributed by atoms with Crippen molar-refractivity contribution in [3.8, 4) is 11.3 Å². The number of aryl methyl sites for hydroxylation is 1. The second-order valence-electron chi connectivity index (χ2n) is 9.48. The number of morpholine rings is 1. The van der Waals surface area contributed by atoms with Gasteiger partial charge in [-0.25, -0.2) is 23.1 Å². The number of aromatic nitrogens is 5. The highest BCUT2D eigenvalue weighted by atomic mass is 35.5. The number of rotatable bonds is 4. The van der Waals surface area contributed by atoms with E-state index in [9.17, 15) is 18.0 Å². The van der Waals surface area contributed by atoms with Gasteiger partial charge in [-0.2, -0.15) is 5.10 Å². The van der Waals surface area contributed by atoms with Crippen LogP contribution in [-0.2, 0) is 4.74 Å². The largest absolute Gasteiger partial charge is 0.370 e. The van der Waals surface area contributed by atoms with Gasteiger partial charge in [-0.05, 0) is 25.1 Å². The molecule has 3 aromatic heterocycles. The average Bonchev–Trinajstić information content (AvgIpc) is 3.32. The molecule has 2 aliphatic rings. The molecule has 0 bridgehead atoms. The molecule has 1 aliphatic heterocycles. The number of H-pyrrole nitrogens is 1. The summed E-state index contributed by atoms with van der Waals surface area (Å²) in [5.41, 5.74) is 1.04. The van der Waals surface area contributed by atoms with E-state index in [2.05, 4.69) is 15.1 Å². The molecule has 1 N–H and O–H groups in total. The van der Waals surface area contributed by atoms with Gasteiger partial charge >= 0.3 is 0 Å². The van der Waals surface area contributed by atoms with Gasteiger partial charge in [0, 0.05) is 54.3 Å². The maximum atomic E-state index is 14.9. The van der Waals surface area contributed by atoms with Crippen LogP contribution in [0.5, 0.6) is 0 Å². The van der Waals surface area contributed by atoms with Crippen LogP contribution in [0.1, 0.15) is 36.4 Å². The molecule has 1 saturated heterocycles. The first-order valence-corrected chi connectivity index (χ1v) is 12.2. The van der Waals surface area contributed by atoms with Gasteiger partial charge in [0.05, 0.1) is 35.4 Å². The van der Waals surface area contributed by atoms with Crippen LogP contribution in [0.4, 0.5) is 19.0 Å². The van der Waals surface area contributed by atoms with Gasteiger partial charge in [0.1, 0.15) is 23.6 Å². The van der Waals surface area contributed by atoms with Crippen molar-refractivity contribution in [2.75, 3.05) is 24.6 Å². The summed E-state index contributed by atoms with van der Waals surface area (Å²) in [4.78, 5) is 26.7. The van der Waals surface area contributed by atoms with Gasteiger partial charge in [-0.1, -0.05) is 11.6 Å². The van der Waals surface area contributed by atoms with E-state index >= 15 is 0 Å². The van der Waals surface area contributed by atoms with Crippen molar-refractivity contribution in [2.45, 2.75) is 37.8 Å².